The average molecular weight is 327 g/mol. The van der Waals surface area contributed by atoms with Gasteiger partial charge in [-0.1, -0.05) is 13.8 Å². The summed E-state index contributed by atoms with van der Waals surface area (Å²) in [7, 11) is 1.66. The Morgan fingerprint density at radius 3 is 2.35 bits per heavy atom. The third-order valence-corrected chi connectivity index (χ3v) is 4.59. The standard InChI is InChI=1S/C17H29NO5/c1-12(2)11-22-17(20)18-9-7-13(8-10-18)16(19)23-15-6-4-5-14(15)21-3/h12-15H,4-11H2,1-3H3. The first kappa shape index (κ1) is 18.0. The quantitative estimate of drug-likeness (QED) is 0.726. The van der Waals surface area contributed by atoms with Crippen LogP contribution in [0.5, 0.6) is 0 Å². The van der Waals surface area contributed by atoms with Crippen LogP contribution in [0.15, 0.2) is 0 Å². The number of esters is 1. The van der Waals surface area contributed by atoms with E-state index in [0.717, 1.165) is 19.3 Å². The fraction of sp³-hybridized carbons (Fsp3) is 0.882. The minimum atomic E-state index is -0.277. The molecule has 23 heavy (non-hydrogen) atoms. The van der Waals surface area contributed by atoms with Crippen LogP contribution in [0.25, 0.3) is 0 Å². The van der Waals surface area contributed by atoms with E-state index < -0.39 is 0 Å². The van der Waals surface area contributed by atoms with Gasteiger partial charge in [-0.3, -0.25) is 4.79 Å². The fourth-order valence-corrected chi connectivity index (χ4v) is 3.17. The maximum Gasteiger partial charge on any atom is 0.409 e. The third kappa shape index (κ3) is 5.09. The Labute approximate surface area is 138 Å². The van der Waals surface area contributed by atoms with E-state index >= 15 is 0 Å². The monoisotopic (exact) mass is 327 g/mol. The number of rotatable bonds is 5. The lowest BCUT2D eigenvalue weighted by atomic mass is 9.97. The molecular weight excluding hydrogens is 298 g/mol. The van der Waals surface area contributed by atoms with Gasteiger partial charge in [0.15, 0.2) is 0 Å². The van der Waals surface area contributed by atoms with Crippen molar-refractivity contribution in [3.05, 3.63) is 0 Å². The Morgan fingerprint density at radius 2 is 1.74 bits per heavy atom. The second kappa shape index (κ2) is 8.52. The molecular formula is C17H29NO5. The Kier molecular flexibility index (Phi) is 6.69. The number of hydrogen-bond acceptors (Lipinski definition) is 5. The predicted molar refractivity (Wildman–Crippen MR) is 85.0 cm³/mol. The van der Waals surface area contributed by atoms with Crippen LogP contribution < -0.4 is 0 Å². The molecule has 1 saturated heterocycles. The minimum Gasteiger partial charge on any atom is -0.459 e. The third-order valence-electron chi connectivity index (χ3n) is 4.59. The van der Waals surface area contributed by atoms with Crippen molar-refractivity contribution in [3.8, 4) is 0 Å². The van der Waals surface area contributed by atoms with Crippen molar-refractivity contribution >= 4 is 12.1 Å². The summed E-state index contributed by atoms with van der Waals surface area (Å²) in [6.07, 6.45) is 3.79. The van der Waals surface area contributed by atoms with Crippen LogP contribution in [0.3, 0.4) is 0 Å². The number of hydrogen-bond donors (Lipinski definition) is 0. The van der Waals surface area contributed by atoms with Crippen LogP contribution in [0.2, 0.25) is 0 Å². The number of nitrogens with zero attached hydrogens (tertiary/aromatic N) is 1. The van der Waals surface area contributed by atoms with Gasteiger partial charge in [-0.05, 0) is 38.0 Å². The fourth-order valence-electron chi connectivity index (χ4n) is 3.17. The second-order valence-corrected chi connectivity index (χ2v) is 6.91. The highest BCUT2D eigenvalue weighted by Gasteiger charge is 2.34. The van der Waals surface area contributed by atoms with Crippen molar-refractivity contribution in [2.24, 2.45) is 11.8 Å². The van der Waals surface area contributed by atoms with E-state index in [2.05, 4.69) is 0 Å². The summed E-state index contributed by atoms with van der Waals surface area (Å²) >= 11 is 0. The van der Waals surface area contributed by atoms with Crippen LogP contribution in [-0.4, -0.2) is 56.0 Å². The minimum absolute atomic E-state index is 0.0325. The van der Waals surface area contributed by atoms with Gasteiger partial charge in [-0.25, -0.2) is 4.79 Å². The molecule has 2 aliphatic rings. The first-order valence-electron chi connectivity index (χ1n) is 8.66. The van der Waals surface area contributed by atoms with Gasteiger partial charge < -0.3 is 19.1 Å². The molecule has 1 aliphatic heterocycles. The summed E-state index contributed by atoms with van der Waals surface area (Å²) in [5.41, 5.74) is 0. The summed E-state index contributed by atoms with van der Waals surface area (Å²) in [6, 6.07) is 0. The number of carbonyl (C=O) groups excluding carboxylic acids is 2. The van der Waals surface area contributed by atoms with Gasteiger partial charge in [0.1, 0.15) is 6.10 Å². The van der Waals surface area contributed by atoms with Crippen LogP contribution in [0.4, 0.5) is 4.79 Å². The van der Waals surface area contributed by atoms with Gasteiger partial charge in [0.2, 0.25) is 0 Å². The molecule has 0 radical (unpaired) electrons. The SMILES string of the molecule is COC1CCCC1OC(=O)C1CCN(C(=O)OCC(C)C)CC1. The molecule has 1 amide bonds. The molecule has 0 aromatic rings. The number of likely N-dealkylation sites (tertiary alicyclic amines) is 1. The number of methoxy groups -OCH3 is 1. The summed E-state index contributed by atoms with van der Waals surface area (Å²) in [4.78, 5) is 25.9. The van der Waals surface area contributed by atoms with Crippen molar-refractivity contribution in [3.63, 3.8) is 0 Å². The van der Waals surface area contributed by atoms with E-state index in [0.29, 0.717) is 38.5 Å². The Balaban J connectivity index is 1.73. The first-order valence-corrected chi connectivity index (χ1v) is 8.66. The Bertz CT molecular complexity index is 404. The molecule has 2 rings (SSSR count). The Morgan fingerprint density at radius 1 is 1.09 bits per heavy atom. The predicted octanol–water partition coefficient (Wildman–Crippen LogP) is 2.60. The number of ether oxygens (including phenoxy) is 3. The van der Waals surface area contributed by atoms with Gasteiger partial charge in [0.25, 0.3) is 0 Å². The average Bonchev–Trinajstić information content (AvgIpc) is 2.99. The molecule has 1 aliphatic carbocycles. The lowest BCUT2D eigenvalue weighted by molar-refractivity contribution is -0.160. The van der Waals surface area contributed by atoms with Crippen LogP contribution in [0.1, 0.15) is 46.0 Å². The summed E-state index contributed by atoms with van der Waals surface area (Å²) in [5.74, 6) is 0.0583. The number of amides is 1. The van der Waals surface area contributed by atoms with E-state index in [-0.39, 0.29) is 30.2 Å². The smallest absolute Gasteiger partial charge is 0.409 e. The van der Waals surface area contributed by atoms with Gasteiger partial charge in [-0.2, -0.15) is 0 Å². The maximum absolute atomic E-state index is 12.3. The van der Waals surface area contributed by atoms with E-state index in [9.17, 15) is 9.59 Å². The molecule has 2 unspecified atom stereocenters. The lowest BCUT2D eigenvalue weighted by Gasteiger charge is -2.31. The molecule has 2 atom stereocenters. The normalized spacial score (nSPS) is 25.7. The molecule has 2 fully saturated rings. The van der Waals surface area contributed by atoms with Gasteiger partial charge in [0, 0.05) is 20.2 Å². The molecule has 0 aromatic heterocycles. The molecule has 0 bridgehead atoms. The summed E-state index contributed by atoms with van der Waals surface area (Å²) in [5, 5.41) is 0. The Hall–Kier alpha value is -1.30. The maximum atomic E-state index is 12.3. The van der Waals surface area contributed by atoms with Crippen LogP contribution in [-0.2, 0) is 19.0 Å². The molecule has 6 heteroatoms. The van der Waals surface area contributed by atoms with E-state index in [1.807, 2.05) is 13.8 Å². The molecule has 132 valence electrons. The van der Waals surface area contributed by atoms with Crippen molar-refractivity contribution in [2.45, 2.75) is 58.2 Å². The molecule has 6 nitrogen and oxygen atoms in total. The van der Waals surface area contributed by atoms with E-state index in [1.54, 1.807) is 12.0 Å². The topological polar surface area (TPSA) is 65.1 Å². The van der Waals surface area contributed by atoms with Gasteiger partial charge >= 0.3 is 12.1 Å². The lowest BCUT2D eigenvalue weighted by Crippen LogP contribution is -2.42. The largest absolute Gasteiger partial charge is 0.459 e. The highest BCUT2D eigenvalue weighted by Crippen LogP contribution is 2.27. The summed E-state index contributed by atoms with van der Waals surface area (Å²) in [6.45, 7) is 5.54. The molecule has 0 N–H and O–H groups in total. The van der Waals surface area contributed by atoms with Gasteiger partial charge in [0.05, 0.1) is 18.6 Å². The zero-order valence-electron chi connectivity index (χ0n) is 14.5. The zero-order chi connectivity index (χ0) is 16.8. The van der Waals surface area contributed by atoms with E-state index in [1.165, 1.54) is 0 Å². The van der Waals surface area contributed by atoms with Crippen molar-refractivity contribution in [1.82, 2.24) is 4.90 Å². The second-order valence-electron chi connectivity index (χ2n) is 6.91. The highest BCUT2D eigenvalue weighted by molar-refractivity contribution is 5.73. The first-order chi connectivity index (χ1) is 11.0. The molecule has 1 heterocycles. The molecule has 0 aromatic carbocycles. The van der Waals surface area contributed by atoms with Crippen LogP contribution in [0, 0.1) is 11.8 Å². The summed E-state index contributed by atoms with van der Waals surface area (Å²) < 4.78 is 16.2. The van der Waals surface area contributed by atoms with Crippen molar-refractivity contribution < 1.29 is 23.8 Å². The highest BCUT2D eigenvalue weighted by atomic mass is 16.6. The van der Waals surface area contributed by atoms with Crippen molar-refractivity contribution in [1.29, 1.82) is 0 Å². The number of piperidine rings is 1. The zero-order valence-corrected chi connectivity index (χ0v) is 14.5. The van der Waals surface area contributed by atoms with Crippen LogP contribution >= 0.6 is 0 Å². The molecule has 0 spiro atoms. The number of carbonyl (C=O) groups is 2. The molecule has 1 saturated carbocycles. The van der Waals surface area contributed by atoms with Gasteiger partial charge in [-0.15, -0.1) is 0 Å². The van der Waals surface area contributed by atoms with E-state index in [4.69, 9.17) is 14.2 Å². The van der Waals surface area contributed by atoms with Crippen molar-refractivity contribution in [2.75, 3.05) is 26.8 Å².